The monoisotopic (exact) mass is 253 g/mol. The number of anilines is 1. The minimum atomic E-state index is -1.23. The molecular formula is C12H15NO5. The van der Waals surface area contributed by atoms with Gasteiger partial charge >= 0.3 is 12.1 Å². The molecule has 6 nitrogen and oxygen atoms in total. The van der Waals surface area contributed by atoms with E-state index < -0.39 is 17.8 Å². The van der Waals surface area contributed by atoms with Crippen LogP contribution in [0.25, 0.3) is 0 Å². The molecule has 3 N–H and O–H groups in total. The van der Waals surface area contributed by atoms with Crippen molar-refractivity contribution in [1.29, 1.82) is 0 Å². The molecule has 0 unspecified atom stereocenters. The maximum atomic E-state index is 11.3. The van der Waals surface area contributed by atoms with Crippen LogP contribution in [0.2, 0.25) is 0 Å². The van der Waals surface area contributed by atoms with Gasteiger partial charge in [0.05, 0.1) is 6.61 Å². The summed E-state index contributed by atoms with van der Waals surface area (Å²) >= 11 is 0. The molecular weight excluding hydrogens is 238 g/mol. The number of hydrogen-bond donors (Lipinski definition) is 3. The SMILES string of the molecule is CC(C)COC(=O)Nc1ccc(C(=O)O)c(O)c1. The largest absolute Gasteiger partial charge is 0.507 e. The van der Waals surface area contributed by atoms with Gasteiger partial charge in [0.25, 0.3) is 0 Å². The van der Waals surface area contributed by atoms with E-state index in [1.165, 1.54) is 12.1 Å². The molecule has 0 saturated heterocycles. The van der Waals surface area contributed by atoms with Crippen molar-refractivity contribution in [2.24, 2.45) is 5.92 Å². The van der Waals surface area contributed by atoms with Crippen molar-refractivity contribution in [1.82, 2.24) is 0 Å². The van der Waals surface area contributed by atoms with Gasteiger partial charge < -0.3 is 14.9 Å². The van der Waals surface area contributed by atoms with Gasteiger partial charge in [0, 0.05) is 11.8 Å². The Morgan fingerprint density at radius 2 is 2.06 bits per heavy atom. The Morgan fingerprint density at radius 3 is 2.56 bits per heavy atom. The van der Waals surface area contributed by atoms with Gasteiger partial charge in [-0.15, -0.1) is 0 Å². The van der Waals surface area contributed by atoms with Crippen LogP contribution in [0.3, 0.4) is 0 Å². The number of hydrogen-bond acceptors (Lipinski definition) is 4. The first-order valence-electron chi connectivity index (χ1n) is 5.40. The first-order chi connectivity index (χ1) is 8.40. The number of benzene rings is 1. The van der Waals surface area contributed by atoms with E-state index in [1.54, 1.807) is 0 Å². The number of carbonyl (C=O) groups is 2. The second kappa shape index (κ2) is 5.90. The number of ether oxygens (including phenoxy) is 1. The van der Waals surface area contributed by atoms with Crippen LogP contribution in [0, 0.1) is 5.92 Å². The van der Waals surface area contributed by atoms with Gasteiger partial charge in [0.1, 0.15) is 11.3 Å². The molecule has 0 spiro atoms. The van der Waals surface area contributed by atoms with Gasteiger partial charge in [-0.2, -0.15) is 0 Å². The highest BCUT2D eigenvalue weighted by atomic mass is 16.5. The van der Waals surface area contributed by atoms with Crippen LogP contribution >= 0.6 is 0 Å². The fourth-order valence-corrected chi connectivity index (χ4v) is 1.19. The first-order valence-corrected chi connectivity index (χ1v) is 5.40. The predicted octanol–water partition coefficient (Wildman–Crippen LogP) is 2.29. The van der Waals surface area contributed by atoms with E-state index in [0.29, 0.717) is 0 Å². The second-order valence-electron chi connectivity index (χ2n) is 4.15. The molecule has 1 rings (SSSR count). The van der Waals surface area contributed by atoms with Gasteiger partial charge in [-0.05, 0) is 18.1 Å². The summed E-state index contributed by atoms with van der Waals surface area (Å²) in [5.74, 6) is -1.43. The van der Waals surface area contributed by atoms with Crippen molar-refractivity contribution in [3.05, 3.63) is 23.8 Å². The number of carbonyl (C=O) groups excluding carboxylic acids is 1. The molecule has 0 aliphatic carbocycles. The molecule has 0 atom stereocenters. The van der Waals surface area contributed by atoms with E-state index >= 15 is 0 Å². The van der Waals surface area contributed by atoms with Crippen LogP contribution in [0.1, 0.15) is 24.2 Å². The van der Waals surface area contributed by atoms with E-state index in [4.69, 9.17) is 9.84 Å². The molecule has 0 aliphatic rings. The van der Waals surface area contributed by atoms with Crippen LogP contribution in [0.4, 0.5) is 10.5 Å². The third-order valence-electron chi connectivity index (χ3n) is 2.02. The summed E-state index contributed by atoms with van der Waals surface area (Å²) in [6.45, 7) is 4.09. The Morgan fingerprint density at radius 1 is 1.39 bits per heavy atom. The Hall–Kier alpha value is -2.24. The Labute approximate surface area is 104 Å². The molecule has 1 amide bonds. The summed E-state index contributed by atoms with van der Waals surface area (Å²) in [5.41, 5.74) is 0.0438. The lowest BCUT2D eigenvalue weighted by Crippen LogP contribution is -2.16. The molecule has 0 fully saturated rings. The summed E-state index contributed by atoms with van der Waals surface area (Å²) in [4.78, 5) is 22.0. The molecule has 0 bridgehead atoms. The number of aromatic hydroxyl groups is 1. The van der Waals surface area contributed by atoms with Crippen molar-refractivity contribution >= 4 is 17.7 Å². The minimum absolute atomic E-state index is 0.221. The van der Waals surface area contributed by atoms with Crippen molar-refractivity contribution in [3.8, 4) is 5.75 Å². The number of nitrogens with one attached hydrogen (secondary N) is 1. The van der Waals surface area contributed by atoms with Crippen molar-refractivity contribution in [2.75, 3.05) is 11.9 Å². The smallest absolute Gasteiger partial charge is 0.411 e. The van der Waals surface area contributed by atoms with E-state index in [0.717, 1.165) is 6.07 Å². The van der Waals surface area contributed by atoms with Crippen molar-refractivity contribution in [3.63, 3.8) is 0 Å². The van der Waals surface area contributed by atoms with E-state index in [2.05, 4.69) is 5.32 Å². The lowest BCUT2D eigenvalue weighted by atomic mass is 10.2. The zero-order valence-corrected chi connectivity index (χ0v) is 10.1. The number of carboxylic acids is 1. The summed E-state index contributed by atoms with van der Waals surface area (Å²) in [6, 6.07) is 3.73. The fourth-order valence-electron chi connectivity index (χ4n) is 1.19. The highest BCUT2D eigenvalue weighted by Crippen LogP contribution is 2.22. The Balaban J connectivity index is 2.66. The molecule has 1 aromatic carbocycles. The number of phenols is 1. The molecule has 18 heavy (non-hydrogen) atoms. The van der Waals surface area contributed by atoms with Crippen molar-refractivity contribution < 1.29 is 24.5 Å². The van der Waals surface area contributed by atoms with Gasteiger partial charge in [0.2, 0.25) is 0 Å². The normalized spacial score (nSPS) is 10.2. The van der Waals surface area contributed by atoms with E-state index in [1.807, 2.05) is 13.8 Å². The van der Waals surface area contributed by atoms with Gasteiger partial charge in [-0.1, -0.05) is 13.8 Å². The summed E-state index contributed by atoms with van der Waals surface area (Å²) in [7, 11) is 0. The van der Waals surface area contributed by atoms with Crippen LogP contribution in [0.5, 0.6) is 5.75 Å². The quantitative estimate of drug-likeness (QED) is 0.765. The number of aromatic carboxylic acids is 1. The van der Waals surface area contributed by atoms with Crippen LogP contribution in [0.15, 0.2) is 18.2 Å². The average molecular weight is 253 g/mol. The fraction of sp³-hybridized carbons (Fsp3) is 0.333. The average Bonchev–Trinajstić information content (AvgIpc) is 2.26. The molecule has 1 aromatic rings. The molecule has 0 radical (unpaired) electrons. The van der Waals surface area contributed by atoms with E-state index in [9.17, 15) is 14.7 Å². The number of amides is 1. The summed E-state index contributed by atoms with van der Waals surface area (Å²) < 4.78 is 4.88. The molecule has 0 heterocycles. The number of rotatable bonds is 4. The molecule has 0 aromatic heterocycles. The van der Waals surface area contributed by atoms with Crippen LogP contribution in [-0.4, -0.2) is 28.9 Å². The van der Waals surface area contributed by atoms with Gasteiger partial charge in [-0.25, -0.2) is 9.59 Å². The Kier molecular flexibility index (Phi) is 4.53. The number of carboxylic acid groups (broad SMARTS) is 1. The third-order valence-corrected chi connectivity index (χ3v) is 2.02. The zero-order chi connectivity index (χ0) is 13.7. The summed E-state index contributed by atoms with van der Waals surface area (Å²) in [5, 5.41) is 20.5. The highest BCUT2D eigenvalue weighted by molar-refractivity contribution is 5.92. The molecule has 0 saturated carbocycles. The minimum Gasteiger partial charge on any atom is -0.507 e. The molecule has 6 heteroatoms. The lowest BCUT2D eigenvalue weighted by molar-refractivity contribution is 0.0693. The van der Waals surface area contributed by atoms with Gasteiger partial charge in [0.15, 0.2) is 0 Å². The van der Waals surface area contributed by atoms with Crippen molar-refractivity contribution in [2.45, 2.75) is 13.8 Å². The predicted molar refractivity (Wildman–Crippen MR) is 64.9 cm³/mol. The van der Waals surface area contributed by atoms with E-state index in [-0.39, 0.29) is 23.8 Å². The molecule has 0 aliphatic heterocycles. The standard InChI is InChI=1S/C12H15NO5/c1-7(2)6-18-12(17)13-8-3-4-9(11(15)16)10(14)5-8/h3-5,7,14H,6H2,1-2H3,(H,13,17)(H,15,16). The van der Waals surface area contributed by atoms with Crippen LogP contribution in [-0.2, 0) is 4.74 Å². The van der Waals surface area contributed by atoms with Crippen LogP contribution < -0.4 is 5.32 Å². The third kappa shape index (κ3) is 3.97. The highest BCUT2D eigenvalue weighted by Gasteiger charge is 2.11. The molecule has 98 valence electrons. The maximum Gasteiger partial charge on any atom is 0.411 e. The van der Waals surface area contributed by atoms with Gasteiger partial charge in [-0.3, -0.25) is 5.32 Å². The second-order valence-corrected chi connectivity index (χ2v) is 4.15. The lowest BCUT2D eigenvalue weighted by Gasteiger charge is -2.09. The topological polar surface area (TPSA) is 95.9 Å². The maximum absolute atomic E-state index is 11.3. The summed E-state index contributed by atoms with van der Waals surface area (Å²) in [6.07, 6.45) is -0.647. The first kappa shape index (κ1) is 13.8. The zero-order valence-electron chi connectivity index (χ0n) is 10.1. The Bertz CT molecular complexity index is 456.